The highest BCUT2D eigenvalue weighted by Crippen LogP contribution is 2.20. The molecule has 27 heavy (non-hydrogen) atoms. The lowest BCUT2D eigenvalue weighted by Crippen LogP contribution is -2.42. The minimum atomic E-state index is -0.0250. The third-order valence-electron chi connectivity index (χ3n) is 4.57. The fourth-order valence-electron chi connectivity index (χ4n) is 3.07. The summed E-state index contributed by atoms with van der Waals surface area (Å²) in [5.74, 6) is 1.31. The maximum absolute atomic E-state index is 12.3. The number of nitrogens with zero attached hydrogens (tertiary/aromatic N) is 3. The van der Waals surface area contributed by atoms with Gasteiger partial charge in [0.25, 0.3) is 0 Å². The van der Waals surface area contributed by atoms with Gasteiger partial charge in [-0.1, -0.05) is 6.07 Å². The Hall–Kier alpha value is -2.67. The van der Waals surface area contributed by atoms with Crippen LogP contribution in [0.5, 0.6) is 11.6 Å². The molecule has 1 aromatic heterocycles. The van der Waals surface area contributed by atoms with E-state index < -0.39 is 0 Å². The highest BCUT2D eigenvalue weighted by molar-refractivity contribution is 5.92. The van der Waals surface area contributed by atoms with Gasteiger partial charge in [-0.25, -0.2) is 4.98 Å². The summed E-state index contributed by atoms with van der Waals surface area (Å²) in [5.41, 5.74) is 2.40. The van der Waals surface area contributed by atoms with Crippen LogP contribution in [0.4, 0.5) is 5.69 Å². The molecule has 1 N–H and O–H groups in total. The second-order valence-electron chi connectivity index (χ2n) is 6.78. The average Bonchev–Trinajstić information content (AvgIpc) is 2.66. The summed E-state index contributed by atoms with van der Waals surface area (Å²) in [6, 6.07) is 7.36. The number of nitrogens with one attached hydrogen (secondary N) is 1. The Morgan fingerprint density at radius 3 is 2.81 bits per heavy atom. The number of methoxy groups -OCH3 is 1. The maximum Gasteiger partial charge on any atom is 0.238 e. The Morgan fingerprint density at radius 1 is 1.30 bits per heavy atom. The Kier molecular flexibility index (Phi) is 6.24. The van der Waals surface area contributed by atoms with Crippen molar-refractivity contribution in [3.8, 4) is 11.6 Å². The maximum atomic E-state index is 12.3. The summed E-state index contributed by atoms with van der Waals surface area (Å²) >= 11 is 0. The predicted molar refractivity (Wildman–Crippen MR) is 103 cm³/mol. The van der Waals surface area contributed by atoms with Crippen LogP contribution in [0, 0.1) is 13.8 Å². The number of anilines is 1. The summed E-state index contributed by atoms with van der Waals surface area (Å²) in [7, 11) is 1.61. The lowest BCUT2D eigenvalue weighted by atomic mass is 10.1. The summed E-state index contributed by atoms with van der Waals surface area (Å²) in [6.07, 6.45) is 3.58. The van der Waals surface area contributed by atoms with Crippen molar-refractivity contribution in [3.05, 3.63) is 41.9 Å². The first-order valence-electron chi connectivity index (χ1n) is 9.16. The first-order chi connectivity index (χ1) is 13.0. The van der Waals surface area contributed by atoms with Crippen molar-refractivity contribution in [2.75, 3.05) is 32.1 Å². The summed E-state index contributed by atoms with van der Waals surface area (Å²) in [6.45, 7) is 5.80. The Morgan fingerprint density at radius 2 is 2.07 bits per heavy atom. The van der Waals surface area contributed by atoms with Crippen LogP contribution in [0.25, 0.3) is 0 Å². The van der Waals surface area contributed by atoms with Gasteiger partial charge in [0, 0.05) is 31.0 Å². The fourth-order valence-corrected chi connectivity index (χ4v) is 3.07. The van der Waals surface area contributed by atoms with Crippen LogP contribution >= 0.6 is 0 Å². The zero-order valence-electron chi connectivity index (χ0n) is 16.1. The molecule has 7 nitrogen and oxygen atoms in total. The van der Waals surface area contributed by atoms with E-state index in [-0.39, 0.29) is 12.0 Å². The smallest absolute Gasteiger partial charge is 0.238 e. The number of rotatable bonds is 6. The molecule has 144 valence electrons. The van der Waals surface area contributed by atoms with Crippen molar-refractivity contribution in [2.24, 2.45) is 0 Å². The zero-order valence-corrected chi connectivity index (χ0v) is 16.1. The molecule has 1 fully saturated rings. The summed E-state index contributed by atoms with van der Waals surface area (Å²) in [4.78, 5) is 23.1. The second kappa shape index (κ2) is 8.81. The number of hydrogen-bond donors (Lipinski definition) is 1. The molecule has 7 heteroatoms. The molecule has 0 bridgehead atoms. The molecule has 0 unspecified atom stereocenters. The van der Waals surface area contributed by atoms with Crippen molar-refractivity contribution in [1.82, 2.24) is 14.9 Å². The van der Waals surface area contributed by atoms with E-state index in [2.05, 4.69) is 20.2 Å². The number of ether oxygens (including phenoxy) is 2. The molecule has 3 rings (SSSR count). The molecule has 0 aliphatic carbocycles. The van der Waals surface area contributed by atoms with E-state index in [1.54, 1.807) is 13.3 Å². The molecule has 2 heterocycles. The quantitative estimate of drug-likeness (QED) is 0.842. The van der Waals surface area contributed by atoms with E-state index in [1.807, 2.05) is 38.1 Å². The van der Waals surface area contributed by atoms with E-state index in [4.69, 9.17) is 9.47 Å². The number of hydrogen-bond acceptors (Lipinski definition) is 6. The first-order valence-corrected chi connectivity index (χ1v) is 9.16. The topological polar surface area (TPSA) is 76.6 Å². The summed E-state index contributed by atoms with van der Waals surface area (Å²) in [5, 5.41) is 2.92. The van der Waals surface area contributed by atoms with Gasteiger partial charge in [0.1, 0.15) is 11.9 Å². The molecular formula is C20H26N4O3. The highest BCUT2D eigenvalue weighted by Gasteiger charge is 2.23. The fraction of sp³-hybridized carbons (Fsp3) is 0.450. The SMILES string of the molecule is COc1cccc(NC(=O)CN2CCC(Oc3nc(C)cnc3C)CC2)c1. The number of piperidine rings is 1. The van der Waals surface area contributed by atoms with Gasteiger partial charge in [-0.2, -0.15) is 0 Å². The molecule has 0 atom stereocenters. The largest absolute Gasteiger partial charge is 0.497 e. The van der Waals surface area contributed by atoms with Gasteiger partial charge in [0.15, 0.2) is 0 Å². The van der Waals surface area contributed by atoms with Crippen LogP contribution < -0.4 is 14.8 Å². The zero-order chi connectivity index (χ0) is 19.2. The number of likely N-dealkylation sites (tertiary alicyclic amines) is 1. The molecule has 0 spiro atoms. The van der Waals surface area contributed by atoms with Gasteiger partial charge < -0.3 is 14.8 Å². The van der Waals surface area contributed by atoms with E-state index in [9.17, 15) is 4.79 Å². The predicted octanol–water partition coefficient (Wildman–Crippen LogP) is 2.58. The molecular weight excluding hydrogens is 344 g/mol. The number of carbonyl (C=O) groups is 1. The Labute approximate surface area is 159 Å². The van der Waals surface area contributed by atoms with Crippen molar-refractivity contribution >= 4 is 11.6 Å². The third kappa shape index (κ3) is 5.40. The molecule has 1 aliphatic heterocycles. The van der Waals surface area contributed by atoms with Crippen molar-refractivity contribution in [2.45, 2.75) is 32.8 Å². The molecule has 1 saturated heterocycles. The third-order valence-corrected chi connectivity index (χ3v) is 4.57. The highest BCUT2D eigenvalue weighted by atomic mass is 16.5. The van der Waals surface area contributed by atoms with Crippen molar-refractivity contribution in [3.63, 3.8) is 0 Å². The van der Waals surface area contributed by atoms with E-state index >= 15 is 0 Å². The molecule has 1 aliphatic rings. The molecule has 0 radical (unpaired) electrons. The first kappa shape index (κ1) is 19.1. The van der Waals surface area contributed by atoms with Crippen molar-refractivity contribution < 1.29 is 14.3 Å². The minimum absolute atomic E-state index is 0.0250. The van der Waals surface area contributed by atoms with E-state index in [1.165, 1.54) is 0 Å². The van der Waals surface area contributed by atoms with E-state index in [0.29, 0.717) is 12.4 Å². The van der Waals surface area contributed by atoms with Crippen molar-refractivity contribution in [1.29, 1.82) is 0 Å². The monoisotopic (exact) mass is 370 g/mol. The number of carbonyl (C=O) groups excluding carboxylic acids is 1. The average molecular weight is 370 g/mol. The van der Waals surface area contributed by atoms with Gasteiger partial charge in [-0.05, 0) is 38.8 Å². The number of aryl methyl sites for hydroxylation is 2. The summed E-state index contributed by atoms with van der Waals surface area (Å²) < 4.78 is 11.2. The molecule has 2 aromatic rings. The van der Waals surface area contributed by atoms with Crippen LogP contribution in [0.15, 0.2) is 30.5 Å². The number of amides is 1. The van der Waals surface area contributed by atoms with Gasteiger partial charge in [0.2, 0.25) is 11.8 Å². The lowest BCUT2D eigenvalue weighted by Gasteiger charge is -2.31. The minimum Gasteiger partial charge on any atom is -0.497 e. The van der Waals surface area contributed by atoms with Crippen LogP contribution in [-0.2, 0) is 4.79 Å². The van der Waals surface area contributed by atoms with Gasteiger partial charge in [0.05, 0.1) is 25.0 Å². The number of aromatic nitrogens is 2. The Bertz CT molecular complexity index is 789. The molecule has 0 saturated carbocycles. The van der Waals surface area contributed by atoms with Gasteiger partial charge in [-0.3, -0.25) is 14.7 Å². The van der Waals surface area contributed by atoms with Crippen LogP contribution in [-0.4, -0.2) is 53.6 Å². The number of benzene rings is 1. The van der Waals surface area contributed by atoms with Crippen LogP contribution in [0.3, 0.4) is 0 Å². The van der Waals surface area contributed by atoms with Gasteiger partial charge in [-0.15, -0.1) is 0 Å². The second-order valence-corrected chi connectivity index (χ2v) is 6.78. The lowest BCUT2D eigenvalue weighted by molar-refractivity contribution is -0.117. The normalized spacial score (nSPS) is 15.4. The standard InChI is InChI=1S/C20H26N4O3/c1-14-12-21-15(2)20(22-14)27-17-7-9-24(10-8-17)13-19(25)23-16-5-4-6-18(11-16)26-3/h4-6,11-12,17H,7-10,13H2,1-3H3,(H,23,25). The molecule has 1 aromatic carbocycles. The van der Waals surface area contributed by atoms with Crippen LogP contribution in [0.2, 0.25) is 0 Å². The van der Waals surface area contributed by atoms with E-state index in [0.717, 1.165) is 48.8 Å². The molecule has 1 amide bonds. The Balaban J connectivity index is 1.46. The van der Waals surface area contributed by atoms with Gasteiger partial charge >= 0.3 is 0 Å². The van der Waals surface area contributed by atoms with Crippen LogP contribution in [0.1, 0.15) is 24.2 Å².